The number of rotatable bonds is 6. The fourth-order valence-corrected chi connectivity index (χ4v) is 3.92. The van der Waals surface area contributed by atoms with Crippen molar-refractivity contribution in [2.75, 3.05) is 19.5 Å². The third-order valence-electron chi connectivity index (χ3n) is 5.44. The van der Waals surface area contributed by atoms with E-state index in [1.165, 1.54) is 12.3 Å². The summed E-state index contributed by atoms with van der Waals surface area (Å²) in [6.45, 7) is 0. The smallest absolute Gasteiger partial charge is 0.275 e. The second-order valence-corrected chi connectivity index (χ2v) is 8.04. The van der Waals surface area contributed by atoms with E-state index in [-0.39, 0.29) is 5.69 Å². The van der Waals surface area contributed by atoms with Crippen LogP contribution >= 0.6 is 11.6 Å². The molecule has 0 saturated heterocycles. The number of benzene rings is 2. The molecule has 0 bridgehead atoms. The molecule has 2 aromatic carbocycles. The number of amides is 1. The molecular formula is C25H20ClN5O4. The molecule has 0 aliphatic rings. The van der Waals surface area contributed by atoms with E-state index in [9.17, 15) is 4.79 Å². The van der Waals surface area contributed by atoms with Gasteiger partial charge in [-0.25, -0.2) is 0 Å². The van der Waals surface area contributed by atoms with E-state index in [1.807, 2.05) is 24.3 Å². The summed E-state index contributed by atoms with van der Waals surface area (Å²) in [5, 5.41) is 9.20. The Kier molecular flexibility index (Phi) is 5.84. The standard InChI is InChI=1S/C25H20ClN5O4/c1-31-20-11-15(35-21-7-9-27-18-13-23(34-3)22(33-2)12-17(18)21)4-5-16(20)24(30-31)29-25(32)19-10-14(26)6-8-28-19/h4-13H,1-3H3,(H,29,30,32). The van der Waals surface area contributed by atoms with Crippen molar-refractivity contribution in [3.05, 3.63) is 71.6 Å². The second-order valence-electron chi connectivity index (χ2n) is 7.60. The maximum atomic E-state index is 12.6. The molecule has 0 unspecified atom stereocenters. The lowest BCUT2D eigenvalue weighted by Gasteiger charge is -2.12. The predicted molar refractivity (Wildman–Crippen MR) is 133 cm³/mol. The van der Waals surface area contributed by atoms with Gasteiger partial charge in [0.15, 0.2) is 17.3 Å². The van der Waals surface area contributed by atoms with Crippen LogP contribution < -0.4 is 19.5 Å². The SMILES string of the molecule is COc1cc2nccc(Oc3ccc4c(NC(=O)c5cc(Cl)ccn5)nn(C)c4c3)c2cc1OC. The summed E-state index contributed by atoms with van der Waals surface area (Å²) in [5.74, 6) is 2.38. The molecule has 9 nitrogen and oxygen atoms in total. The number of carbonyl (C=O) groups excluding carboxylic acids is 1. The first-order valence-electron chi connectivity index (χ1n) is 10.5. The van der Waals surface area contributed by atoms with Gasteiger partial charge in [0, 0.05) is 47.4 Å². The van der Waals surface area contributed by atoms with Crippen LogP contribution in [0.5, 0.6) is 23.0 Å². The van der Waals surface area contributed by atoms with Crippen molar-refractivity contribution in [1.29, 1.82) is 0 Å². The third kappa shape index (κ3) is 4.29. The summed E-state index contributed by atoms with van der Waals surface area (Å²) in [6, 6.07) is 14.0. The number of carbonyl (C=O) groups is 1. The Labute approximate surface area is 205 Å². The molecule has 0 fully saturated rings. The van der Waals surface area contributed by atoms with Crippen LogP contribution in [0, 0.1) is 0 Å². The molecule has 0 saturated carbocycles. The first kappa shape index (κ1) is 22.4. The number of ether oxygens (including phenoxy) is 3. The zero-order valence-corrected chi connectivity index (χ0v) is 19.8. The number of pyridine rings is 2. The highest BCUT2D eigenvalue weighted by Crippen LogP contribution is 2.37. The Morgan fingerprint density at radius 3 is 2.46 bits per heavy atom. The van der Waals surface area contributed by atoms with E-state index in [2.05, 4.69) is 20.4 Å². The average molecular weight is 490 g/mol. The van der Waals surface area contributed by atoms with Gasteiger partial charge in [-0.1, -0.05) is 11.6 Å². The normalized spacial score (nSPS) is 11.0. The fraction of sp³-hybridized carbons (Fsp3) is 0.120. The Bertz CT molecular complexity index is 1580. The zero-order chi connectivity index (χ0) is 24.5. The number of nitrogens with one attached hydrogen (secondary N) is 1. The predicted octanol–water partition coefficient (Wildman–Crippen LogP) is 5.23. The summed E-state index contributed by atoms with van der Waals surface area (Å²) in [7, 11) is 4.95. The van der Waals surface area contributed by atoms with Crippen LogP contribution in [0.25, 0.3) is 21.8 Å². The molecule has 0 aliphatic carbocycles. The highest BCUT2D eigenvalue weighted by Gasteiger charge is 2.16. The first-order valence-corrected chi connectivity index (χ1v) is 10.9. The first-order chi connectivity index (χ1) is 17.0. The van der Waals surface area contributed by atoms with Crippen molar-refractivity contribution in [1.82, 2.24) is 19.7 Å². The van der Waals surface area contributed by atoms with Crippen molar-refractivity contribution in [2.24, 2.45) is 7.05 Å². The van der Waals surface area contributed by atoms with E-state index in [4.69, 9.17) is 25.8 Å². The van der Waals surface area contributed by atoms with Crippen LogP contribution in [0.3, 0.4) is 0 Å². The van der Waals surface area contributed by atoms with E-state index >= 15 is 0 Å². The van der Waals surface area contributed by atoms with Crippen molar-refractivity contribution >= 4 is 45.1 Å². The highest BCUT2D eigenvalue weighted by molar-refractivity contribution is 6.31. The molecule has 10 heteroatoms. The largest absolute Gasteiger partial charge is 0.493 e. The number of nitrogens with zero attached hydrogens (tertiary/aromatic N) is 4. The number of hydrogen-bond acceptors (Lipinski definition) is 7. The minimum Gasteiger partial charge on any atom is -0.493 e. The quantitative estimate of drug-likeness (QED) is 0.348. The Hall–Kier alpha value is -4.37. The summed E-state index contributed by atoms with van der Waals surface area (Å²) >= 11 is 5.97. The van der Waals surface area contributed by atoms with E-state index in [0.717, 1.165) is 16.3 Å². The molecule has 176 valence electrons. The van der Waals surface area contributed by atoms with Gasteiger partial charge in [-0.3, -0.25) is 19.4 Å². The van der Waals surface area contributed by atoms with Crippen LogP contribution in [0.1, 0.15) is 10.5 Å². The topological polar surface area (TPSA) is 100 Å². The average Bonchev–Trinajstić information content (AvgIpc) is 3.17. The van der Waals surface area contributed by atoms with Crippen molar-refractivity contribution < 1.29 is 19.0 Å². The van der Waals surface area contributed by atoms with Gasteiger partial charge in [-0.15, -0.1) is 0 Å². The maximum absolute atomic E-state index is 12.6. The summed E-state index contributed by atoms with van der Waals surface area (Å²) < 4.78 is 18.7. The van der Waals surface area contributed by atoms with Crippen molar-refractivity contribution in [2.45, 2.75) is 0 Å². The summed E-state index contributed by atoms with van der Waals surface area (Å²) in [4.78, 5) is 21.1. The van der Waals surface area contributed by atoms with Gasteiger partial charge in [-0.2, -0.15) is 5.10 Å². The molecule has 3 aromatic heterocycles. The van der Waals surface area contributed by atoms with Gasteiger partial charge in [0.2, 0.25) is 0 Å². The Morgan fingerprint density at radius 2 is 1.69 bits per heavy atom. The molecule has 0 aliphatic heterocycles. The minimum absolute atomic E-state index is 0.202. The van der Waals surface area contributed by atoms with E-state index in [0.29, 0.717) is 39.4 Å². The molecule has 0 radical (unpaired) electrons. The van der Waals surface area contributed by atoms with E-state index < -0.39 is 5.91 Å². The molecule has 5 aromatic rings. The molecule has 1 amide bonds. The van der Waals surface area contributed by atoms with E-state index in [1.54, 1.807) is 50.3 Å². The number of aryl methyl sites for hydroxylation is 1. The number of halogens is 1. The maximum Gasteiger partial charge on any atom is 0.275 e. The van der Waals surface area contributed by atoms with Crippen LogP contribution in [-0.4, -0.2) is 39.9 Å². The van der Waals surface area contributed by atoms with Crippen LogP contribution in [-0.2, 0) is 7.05 Å². The molecule has 35 heavy (non-hydrogen) atoms. The molecule has 5 rings (SSSR count). The molecule has 0 spiro atoms. The molecule has 0 atom stereocenters. The lowest BCUT2D eigenvalue weighted by atomic mass is 10.1. The second kappa shape index (κ2) is 9.11. The monoisotopic (exact) mass is 489 g/mol. The van der Waals surface area contributed by atoms with Gasteiger partial charge in [-0.05, 0) is 36.4 Å². The zero-order valence-electron chi connectivity index (χ0n) is 19.1. The number of aromatic nitrogens is 4. The number of fused-ring (bicyclic) bond motifs is 2. The van der Waals surface area contributed by atoms with Crippen LogP contribution in [0.15, 0.2) is 60.9 Å². The number of hydrogen-bond donors (Lipinski definition) is 1. The van der Waals surface area contributed by atoms with Crippen LogP contribution in [0.2, 0.25) is 5.02 Å². The van der Waals surface area contributed by atoms with Crippen LogP contribution in [0.4, 0.5) is 5.82 Å². The summed E-state index contributed by atoms with van der Waals surface area (Å²) in [6.07, 6.45) is 3.15. The molecule has 1 N–H and O–H groups in total. The number of anilines is 1. The van der Waals surface area contributed by atoms with Crippen molar-refractivity contribution in [3.8, 4) is 23.0 Å². The summed E-state index contributed by atoms with van der Waals surface area (Å²) in [5.41, 5.74) is 1.68. The van der Waals surface area contributed by atoms with Gasteiger partial charge >= 0.3 is 0 Å². The molecule has 3 heterocycles. The van der Waals surface area contributed by atoms with Gasteiger partial charge in [0.25, 0.3) is 5.91 Å². The lowest BCUT2D eigenvalue weighted by Crippen LogP contribution is -2.14. The Balaban J connectivity index is 1.46. The number of methoxy groups -OCH3 is 2. The third-order valence-corrected chi connectivity index (χ3v) is 5.68. The molecular weight excluding hydrogens is 470 g/mol. The fourth-order valence-electron chi connectivity index (χ4n) is 3.76. The highest BCUT2D eigenvalue weighted by atomic mass is 35.5. The lowest BCUT2D eigenvalue weighted by molar-refractivity contribution is 0.102. The van der Waals surface area contributed by atoms with Gasteiger partial charge in [0.1, 0.15) is 17.2 Å². The Morgan fingerprint density at radius 1 is 0.914 bits per heavy atom. The van der Waals surface area contributed by atoms with Gasteiger partial charge < -0.3 is 19.5 Å². The van der Waals surface area contributed by atoms with Gasteiger partial charge in [0.05, 0.1) is 25.3 Å². The minimum atomic E-state index is -0.402. The van der Waals surface area contributed by atoms with Crippen molar-refractivity contribution in [3.63, 3.8) is 0 Å².